The minimum atomic E-state index is 0.945. The summed E-state index contributed by atoms with van der Waals surface area (Å²) in [6, 6.07) is 18.7. The summed E-state index contributed by atoms with van der Waals surface area (Å²) in [7, 11) is 0. The Balaban J connectivity index is 2.20. The molecular formula is C16H10N2. The molecule has 0 saturated carbocycles. The van der Waals surface area contributed by atoms with Crippen LogP contribution in [0.15, 0.2) is 60.8 Å². The van der Waals surface area contributed by atoms with Crippen LogP contribution in [0.5, 0.6) is 0 Å². The normalized spacial score (nSPS) is 11.3. The summed E-state index contributed by atoms with van der Waals surface area (Å²) >= 11 is 0. The molecule has 0 aliphatic rings. The van der Waals surface area contributed by atoms with E-state index in [1.807, 2.05) is 12.1 Å². The molecule has 0 spiro atoms. The smallest absolute Gasteiger partial charge is 0.0894 e. The van der Waals surface area contributed by atoms with Gasteiger partial charge in [0.2, 0.25) is 0 Å². The summed E-state index contributed by atoms with van der Waals surface area (Å²) in [5.74, 6) is 0. The first-order valence-electron chi connectivity index (χ1n) is 5.94. The van der Waals surface area contributed by atoms with Crippen molar-refractivity contribution in [2.24, 2.45) is 0 Å². The monoisotopic (exact) mass is 230 g/mol. The first-order chi connectivity index (χ1) is 8.90. The Labute approximate surface area is 104 Å². The minimum absolute atomic E-state index is 0.945. The molecule has 0 N–H and O–H groups in total. The van der Waals surface area contributed by atoms with Gasteiger partial charge in [-0.05, 0) is 41.1 Å². The van der Waals surface area contributed by atoms with Gasteiger partial charge in [-0.25, -0.2) is 4.98 Å². The van der Waals surface area contributed by atoms with E-state index in [4.69, 9.17) is 0 Å². The highest BCUT2D eigenvalue weighted by Gasteiger charge is 2.02. The highest BCUT2D eigenvalue weighted by atomic mass is 14.7. The molecule has 84 valence electrons. The van der Waals surface area contributed by atoms with E-state index in [0.717, 1.165) is 21.9 Å². The molecule has 0 atom stereocenters. The van der Waals surface area contributed by atoms with Crippen LogP contribution in [0, 0.1) is 0 Å². The lowest BCUT2D eigenvalue weighted by atomic mass is 10.1. The molecule has 0 saturated heterocycles. The standard InChI is InChI=1S/C16H10N2/c1-2-5-12-9-15-13(8-11(12)4-1)10-16-14(18-15)6-3-7-17-16/h1-10H. The van der Waals surface area contributed by atoms with E-state index in [1.54, 1.807) is 6.20 Å². The van der Waals surface area contributed by atoms with Gasteiger partial charge in [0, 0.05) is 11.6 Å². The summed E-state index contributed by atoms with van der Waals surface area (Å²) < 4.78 is 0. The first kappa shape index (κ1) is 9.54. The number of fused-ring (bicyclic) bond motifs is 3. The van der Waals surface area contributed by atoms with Crippen LogP contribution in [0.3, 0.4) is 0 Å². The summed E-state index contributed by atoms with van der Waals surface area (Å²) in [6.45, 7) is 0. The van der Waals surface area contributed by atoms with Gasteiger partial charge in [0.1, 0.15) is 0 Å². The SMILES string of the molecule is c1ccc2cc3nc4cccnc4cc3cc2c1. The quantitative estimate of drug-likeness (QED) is 0.428. The van der Waals surface area contributed by atoms with Gasteiger partial charge < -0.3 is 0 Å². The second-order valence-electron chi connectivity index (χ2n) is 4.42. The maximum atomic E-state index is 4.67. The molecule has 4 aromatic rings. The molecule has 2 aromatic carbocycles. The molecule has 2 heteroatoms. The van der Waals surface area contributed by atoms with Gasteiger partial charge in [-0.2, -0.15) is 0 Å². The molecule has 0 amide bonds. The predicted octanol–water partition coefficient (Wildman–Crippen LogP) is 3.94. The van der Waals surface area contributed by atoms with Crippen molar-refractivity contribution >= 4 is 32.7 Å². The molecule has 18 heavy (non-hydrogen) atoms. The third-order valence-corrected chi connectivity index (χ3v) is 3.24. The van der Waals surface area contributed by atoms with E-state index in [-0.39, 0.29) is 0 Å². The van der Waals surface area contributed by atoms with Crippen molar-refractivity contribution in [3.05, 3.63) is 60.8 Å². The van der Waals surface area contributed by atoms with E-state index in [9.17, 15) is 0 Å². The Morgan fingerprint density at radius 2 is 1.39 bits per heavy atom. The number of nitrogens with zero attached hydrogens (tertiary/aromatic N) is 2. The number of pyridine rings is 2. The van der Waals surface area contributed by atoms with E-state index < -0.39 is 0 Å². The predicted molar refractivity (Wildman–Crippen MR) is 74.6 cm³/mol. The summed E-state index contributed by atoms with van der Waals surface area (Å²) in [5.41, 5.74) is 2.91. The molecule has 0 radical (unpaired) electrons. The largest absolute Gasteiger partial charge is 0.255 e. The Hall–Kier alpha value is -2.48. The lowest BCUT2D eigenvalue weighted by Gasteiger charge is -2.03. The Kier molecular flexibility index (Phi) is 1.86. The van der Waals surface area contributed by atoms with Crippen LogP contribution in [0.4, 0.5) is 0 Å². The van der Waals surface area contributed by atoms with Crippen LogP contribution in [-0.4, -0.2) is 9.97 Å². The molecule has 0 fully saturated rings. The topological polar surface area (TPSA) is 25.8 Å². The lowest BCUT2D eigenvalue weighted by molar-refractivity contribution is 1.38. The van der Waals surface area contributed by atoms with E-state index in [2.05, 4.69) is 52.4 Å². The molecular weight excluding hydrogens is 220 g/mol. The average Bonchev–Trinajstić information content (AvgIpc) is 2.42. The lowest BCUT2D eigenvalue weighted by Crippen LogP contribution is -1.85. The summed E-state index contributed by atoms with van der Waals surface area (Å²) in [5, 5.41) is 3.60. The van der Waals surface area contributed by atoms with Crippen LogP contribution >= 0.6 is 0 Å². The number of benzene rings is 2. The van der Waals surface area contributed by atoms with Crippen LogP contribution in [0.1, 0.15) is 0 Å². The maximum Gasteiger partial charge on any atom is 0.0894 e. The second-order valence-corrected chi connectivity index (χ2v) is 4.42. The van der Waals surface area contributed by atoms with Crippen LogP contribution in [0.2, 0.25) is 0 Å². The fourth-order valence-corrected chi connectivity index (χ4v) is 2.35. The van der Waals surface area contributed by atoms with Gasteiger partial charge in [0.25, 0.3) is 0 Å². The number of aromatic nitrogens is 2. The fourth-order valence-electron chi connectivity index (χ4n) is 2.35. The maximum absolute atomic E-state index is 4.67. The van der Waals surface area contributed by atoms with Crippen molar-refractivity contribution in [2.75, 3.05) is 0 Å². The van der Waals surface area contributed by atoms with E-state index in [0.29, 0.717) is 0 Å². The molecule has 2 nitrogen and oxygen atoms in total. The molecule has 2 aromatic heterocycles. The van der Waals surface area contributed by atoms with Gasteiger partial charge in [-0.15, -0.1) is 0 Å². The van der Waals surface area contributed by atoms with Crippen molar-refractivity contribution in [1.82, 2.24) is 9.97 Å². The first-order valence-corrected chi connectivity index (χ1v) is 5.94. The molecule has 4 rings (SSSR count). The minimum Gasteiger partial charge on any atom is -0.255 e. The van der Waals surface area contributed by atoms with Gasteiger partial charge in [-0.1, -0.05) is 24.3 Å². The third-order valence-electron chi connectivity index (χ3n) is 3.24. The van der Waals surface area contributed by atoms with E-state index >= 15 is 0 Å². The van der Waals surface area contributed by atoms with Crippen LogP contribution in [0.25, 0.3) is 32.7 Å². The van der Waals surface area contributed by atoms with Crippen molar-refractivity contribution in [3.63, 3.8) is 0 Å². The Bertz CT molecular complexity index is 737. The zero-order valence-electron chi connectivity index (χ0n) is 9.67. The second kappa shape index (κ2) is 3.50. The molecule has 2 heterocycles. The molecule has 0 aliphatic carbocycles. The Morgan fingerprint density at radius 1 is 0.611 bits per heavy atom. The van der Waals surface area contributed by atoms with Gasteiger partial charge in [0.05, 0.1) is 16.6 Å². The van der Waals surface area contributed by atoms with Crippen molar-refractivity contribution < 1.29 is 0 Å². The zero-order valence-corrected chi connectivity index (χ0v) is 9.67. The van der Waals surface area contributed by atoms with Gasteiger partial charge in [-0.3, -0.25) is 4.98 Å². The average molecular weight is 230 g/mol. The van der Waals surface area contributed by atoms with Crippen LogP contribution < -0.4 is 0 Å². The van der Waals surface area contributed by atoms with Crippen molar-refractivity contribution in [1.29, 1.82) is 0 Å². The van der Waals surface area contributed by atoms with E-state index in [1.165, 1.54) is 10.8 Å². The molecule has 0 unspecified atom stereocenters. The molecule has 0 bridgehead atoms. The summed E-state index contributed by atoms with van der Waals surface area (Å²) in [6.07, 6.45) is 1.80. The highest BCUT2D eigenvalue weighted by Crippen LogP contribution is 2.23. The number of rotatable bonds is 0. The Morgan fingerprint density at radius 3 is 2.28 bits per heavy atom. The highest BCUT2D eigenvalue weighted by molar-refractivity contribution is 6.00. The zero-order chi connectivity index (χ0) is 11.9. The molecule has 0 aliphatic heterocycles. The summed E-state index contributed by atoms with van der Waals surface area (Å²) in [4.78, 5) is 9.01. The van der Waals surface area contributed by atoms with Crippen molar-refractivity contribution in [3.8, 4) is 0 Å². The van der Waals surface area contributed by atoms with Crippen molar-refractivity contribution in [2.45, 2.75) is 0 Å². The van der Waals surface area contributed by atoms with Gasteiger partial charge >= 0.3 is 0 Å². The third kappa shape index (κ3) is 1.36. The van der Waals surface area contributed by atoms with Crippen LogP contribution in [-0.2, 0) is 0 Å². The fraction of sp³-hybridized carbons (Fsp3) is 0. The van der Waals surface area contributed by atoms with Gasteiger partial charge in [0.15, 0.2) is 0 Å². The number of hydrogen-bond acceptors (Lipinski definition) is 2. The number of hydrogen-bond donors (Lipinski definition) is 0.